The van der Waals surface area contributed by atoms with Gasteiger partial charge in [-0.3, -0.25) is 0 Å². The molecule has 0 amide bonds. The fourth-order valence-electron chi connectivity index (χ4n) is 2.03. The summed E-state index contributed by atoms with van der Waals surface area (Å²) < 4.78 is 4.82. The summed E-state index contributed by atoms with van der Waals surface area (Å²) in [6.07, 6.45) is 3.22. The third kappa shape index (κ3) is 3.37. The molecule has 0 saturated carbocycles. The van der Waals surface area contributed by atoms with Crippen molar-refractivity contribution in [1.82, 2.24) is 15.2 Å². The molecule has 7 nitrogen and oxygen atoms in total. The van der Waals surface area contributed by atoms with Crippen LogP contribution in [0.4, 0.5) is 5.95 Å². The number of rotatable bonds is 4. The second-order valence-corrected chi connectivity index (χ2v) is 4.48. The number of aromatic nitrogens is 3. The van der Waals surface area contributed by atoms with E-state index >= 15 is 0 Å². The molecule has 1 aromatic rings. The molecule has 19 heavy (non-hydrogen) atoms. The SMILES string of the molecule is CCOC(=O)c1cnc(N2CCC(CO)CC2)nn1. The number of ether oxygens (including phenoxy) is 1. The van der Waals surface area contributed by atoms with E-state index in [0.29, 0.717) is 18.5 Å². The van der Waals surface area contributed by atoms with E-state index in [1.54, 1.807) is 6.92 Å². The molecule has 104 valence electrons. The molecule has 1 saturated heterocycles. The summed E-state index contributed by atoms with van der Waals surface area (Å²) in [6.45, 7) is 3.86. The third-order valence-corrected chi connectivity index (χ3v) is 3.19. The largest absolute Gasteiger partial charge is 0.461 e. The summed E-state index contributed by atoms with van der Waals surface area (Å²) in [5, 5.41) is 16.9. The summed E-state index contributed by atoms with van der Waals surface area (Å²) in [5.74, 6) is 0.375. The van der Waals surface area contributed by atoms with Gasteiger partial charge in [-0.2, -0.15) is 0 Å². The number of hydrogen-bond donors (Lipinski definition) is 1. The number of anilines is 1. The zero-order chi connectivity index (χ0) is 13.7. The fourth-order valence-corrected chi connectivity index (χ4v) is 2.03. The molecule has 7 heteroatoms. The molecular weight excluding hydrogens is 248 g/mol. The number of carbonyl (C=O) groups is 1. The smallest absolute Gasteiger partial charge is 0.360 e. The molecule has 0 unspecified atom stereocenters. The van der Waals surface area contributed by atoms with E-state index in [2.05, 4.69) is 15.2 Å². The van der Waals surface area contributed by atoms with Gasteiger partial charge in [0, 0.05) is 19.7 Å². The number of aliphatic hydroxyl groups excluding tert-OH is 1. The first-order valence-electron chi connectivity index (χ1n) is 6.47. The molecule has 1 fully saturated rings. The first-order valence-corrected chi connectivity index (χ1v) is 6.47. The van der Waals surface area contributed by atoms with E-state index in [1.165, 1.54) is 6.20 Å². The average Bonchev–Trinajstić information content (AvgIpc) is 2.48. The van der Waals surface area contributed by atoms with Crippen LogP contribution in [-0.2, 0) is 4.74 Å². The highest BCUT2D eigenvalue weighted by Crippen LogP contribution is 2.19. The van der Waals surface area contributed by atoms with Crippen LogP contribution >= 0.6 is 0 Å². The van der Waals surface area contributed by atoms with Crippen LogP contribution in [0.5, 0.6) is 0 Å². The lowest BCUT2D eigenvalue weighted by atomic mass is 9.98. The second kappa shape index (κ2) is 6.42. The predicted molar refractivity (Wildman–Crippen MR) is 67.8 cm³/mol. The zero-order valence-electron chi connectivity index (χ0n) is 10.9. The van der Waals surface area contributed by atoms with Gasteiger partial charge in [0.15, 0.2) is 5.69 Å². The van der Waals surface area contributed by atoms with Gasteiger partial charge in [-0.1, -0.05) is 0 Å². The van der Waals surface area contributed by atoms with Gasteiger partial charge in [-0.15, -0.1) is 10.2 Å². The van der Waals surface area contributed by atoms with Crippen molar-refractivity contribution in [3.8, 4) is 0 Å². The number of aliphatic hydroxyl groups is 1. The standard InChI is InChI=1S/C12H18N4O3/c1-2-19-11(18)10-7-13-12(15-14-10)16-5-3-9(8-17)4-6-16/h7,9,17H,2-6,8H2,1H3. The van der Waals surface area contributed by atoms with E-state index < -0.39 is 5.97 Å². The molecule has 0 aromatic carbocycles. The van der Waals surface area contributed by atoms with Crippen LogP contribution < -0.4 is 4.90 Å². The summed E-state index contributed by atoms with van der Waals surface area (Å²) >= 11 is 0. The minimum Gasteiger partial charge on any atom is -0.461 e. The quantitative estimate of drug-likeness (QED) is 0.782. The Morgan fingerprint density at radius 2 is 2.21 bits per heavy atom. The van der Waals surface area contributed by atoms with Crippen molar-refractivity contribution in [2.24, 2.45) is 5.92 Å². The second-order valence-electron chi connectivity index (χ2n) is 4.48. The fraction of sp³-hybridized carbons (Fsp3) is 0.667. The highest BCUT2D eigenvalue weighted by Gasteiger charge is 2.21. The molecule has 0 bridgehead atoms. The Morgan fingerprint density at radius 1 is 1.47 bits per heavy atom. The number of esters is 1. The number of carbonyl (C=O) groups excluding carboxylic acids is 1. The predicted octanol–water partition coefficient (Wildman–Crippen LogP) is 0.257. The Bertz CT molecular complexity index is 415. The van der Waals surface area contributed by atoms with Crippen LogP contribution in [-0.4, -0.2) is 52.6 Å². The lowest BCUT2D eigenvalue weighted by molar-refractivity contribution is 0.0517. The lowest BCUT2D eigenvalue weighted by Gasteiger charge is -2.30. The van der Waals surface area contributed by atoms with Gasteiger partial charge in [0.1, 0.15) is 0 Å². The zero-order valence-corrected chi connectivity index (χ0v) is 10.9. The topological polar surface area (TPSA) is 88.4 Å². The van der Waals surface area contributed by atoms with Gasteiger partial charge in [-0.05, 0) is 25.7 Å². The molecule has 1 aliphatic rings. The normalized spacial score (nSPS) is 16.4. The van der Waals surface area contributed by atoms with Crippen LogP contribution in [0.2, 0.25) is 0 Å². The van der Waals surface area contributed by atoms with Gasteiger partial charge in [-0.25, -0.2) is 9.78 Å². The molecule has 1 N–H and O–H groups in total. The molecular formula is C12H18N4O3. The van der Waals surface area contributed by atoms with E-state index in [1.807, 2.05) is 4.90 Å². The molecule has 0 atom stereocenters. The number of hydrogen-bond acceptors (Lipinski definition) is 7. The molecule has 0 radical (unpaired) electrons. The van der Waals surface area contributed by atoms with Crippen LogP contribution in [0.3, 0.4) is 0 Å². The Labute approximate surface area is 111 Å². The molecule has 1 aromatic heterocycles. The Hall–Kier alpha value is -1.76. The van der Waals surface area contributed by atoms with E-state index in [0.717, 1.165) is 25.9 Å². The van der Waals surface area contributed by atoms with Crippen LogP contribution in [0.15, 0.2) is 6.20 Å². The lowest BCUT2D eigenvalue weighted by Crippen LogP contribution is -2.36. The maximum absolute atomic E-state index is 11.4. The van der Waals surface area contributed by atoms with Crippen molar-refractivity contribution in [2.45, 2.75) is 19.8 Å². The molecule has 0 spiro atoms. The van der Waals surface area contributed by atoms with Crippen LogP contribution in [0.25, 0.3) is 0 Å². The van der Waals surface area contributed by atoms with Crippen molar-refractivity contribution in [1.29, 1.82) is 0 Å². The molecule has 1 aliphatic heterocycles. The van der Waals surface area contributed by atoms with Crippen LogP contribution in [0.1, 0.15) is 30.3 Å². The van der Waals surface area contributed by atoms with E-state index in [4.69, 9.17) is 9.84 Å². The minimum atomic E-state index is -0.506. The van der Waals surface area contributed by atoms with Crippen molar-refractivity contribution in [3.63, 3.8) is 0 Å². The van der Waals surface area contributed by atoms with Gasteiger partial charge in [0.25, 0.3) is 0 Å². The van der Waals surface area contributed by atoms with E-state index in [9.17, 15) is 4.79 Å². The average molecular weight is 266 g/mol. The Balaban J connectivity index is 1.97. The number of piperidine rings is 1. The van der Waals surface area contributed by atoms with Gasteiger partial charge < -0.3 is 14.7 Å². The Kier molecular flexibility index (Phi) is 4.62. The molecule has 2 heterocycles. The molecule has 2 rings (SSSR count). The summed E-state index contributed by atoms with van der Waals surface area (Å²) in [6, 6.07) is 0. The maximum atomic E-state index is 11.4. The van der Waals surface area contributed by atoms with Crippen LogP contribution in [0, 0.1) is 5.92 Å². The number of nitrogens with zero attached hydrogens (tertiary/aromatic N) is 4. The first-order chi connectivity index (χ1) is 9.24. The minimum absolute atomic E-state index is 0.121. The highest BCUT2D eigenvalue weighted by molar-refractivity contribution is 5.86. The van der Waals surface area contributed by atoms with Crippen molar-refractivity contribution < 1.29 is 14.6 Å². The van der Waals surface area contributed by atoms with Gasteiger partial charge in [0.05, 0.1) is 12.8 Å². The first kappa shape index (κ1) is 13.7. The monoisotopic (exact) mass is 266 g/mol. The van der Waals surface area contributed by atoms with Crippen molar-refractivity contribution >= 4 is 11.9 Å². The summed E-state index contributed by atoms with van der Waals surface area (Å²) in [4.78, 5) is 17.6. The summed E-state index contributed by atoms with van der Waals surface area (Å²) in [7, 11) is 0. The third-order valence-electron chi connectivity index (χ3n) is 3.19. The van der Waals surface area contributed by atoms with Crippen molar-refractivity contribution in [2.75, 3.05) is 31.2 Å². The summed E-state index contributed by atoms with van der Waals surface area (Å²) in [5.41, 5.74) is 0.121. The maximum Gasteiger partial charge on any atom is 0.360 e. The Morgan fingerprint density at radius 3 is 2.74 bits per heavy atom. The van der Waals surface area contributed by atoms with Gasteiger partial charge in [0.2, 0.25) is 5.95 Å². The highest BCUT2D eigenvalue weighted by atomic mass is 16.5. The molecule has 0 aliphatic carbocycles. The van der Waals surface area contributed by atoms with Gasteiger partial charge >= 0.3 is 5.97 Å². The van der Waals surface area contributed by atoms with E-state index in [-0.39, 0.29) is 12.3 Å². The van der Waals surface area contributed by atoms with Crippen molar-refractivity contribution in [3.05, 3.63) is 11.9 Å².